The van der Waals surface area contributed by atoms with E-state index in [0.717, 1.165) is 24.1 Å². The molecule has 3 nitrogen and oxygen atoms in total. The molecule has 0 N–H and O–H groups in total. The van der Waals surface area contributed by atoms with Gasteiger partial charge in [0, 0.05) is 23.3 Å². The van der Waals surface area contributed by atoms with E-state index in [1.165, 1.54) is 24.2 Å². The van der Waals surface area contributed by atoms with Crippen LogP contribution in [-0.2, 0) is 15.9 Å². The highest BCUT2D eigenvalue weighted by Gasteiger charge is 2.28. The van der Waals surface area contributed by atoms with Crippen LogP contribution >= 0.6 is 22.9 Å². The van der Waals surface area contributed by atoms with Crippen LogP contribution in [0.2, 0.25) is 0 Å². The average Bonchev–Trinajstić information content (AvgIpc) is 2.80. The summed E-state index contributed by atoms with van der Waals surface area (Å²) in [5, 5.41) is 1.71. The lowest BCUT2D eigenvalue weighted by atomic mass is 9.96. The van der Waals surface area contributed by atoms with Crippen molar-refractivity contribution in [3.05, 3.63) is 16.3 Å². The van der Waals surface area contributed by atoms with Crippen LogP contribution in [0.5, 0.6) is 0 Å². The normalized spacial score (nSPS) is 21.8. The number of thiophene rings is 1. The van der Waals surface area contributed by atoms with Gasteiger partial charge < -0.3 is 0 Å². The lowest BCUT2D eigenvalue weighted by Gasteiger charge is -2.19. The van der Waals surface area contributed by atoms with E-state index in [1.54, 1.807) is 15.8 Å². The minimum Gasteiger partial charge on any atom is -0.207 e. The van der Waals surface area contributed by atoms with E-state index in [4.69, 9.17) is 11.6 Å². The van der Waals surface area contributed by atoms with Gasteiger partial charge in [-0.2, -0.15) is 4.31 Å². The number of hydrogen-bond acceptors (Lipinski definition) is 3. The summed E-state index contributed by atoms with van der Waals surface area (Å²) in [6.45, 7) is 3.49. The summed E-state index contributed by atoms with van der Waals surface area (Å²) in [6.07, 6.45) is 5.50. The Kier molecular flexibility index (Phi) is 5.90. The molecule has 2 heterocycles. The third kappa shape index (κ3) is 3.75. The van der Waals surface area contributed by atoms with Crippen molar-refractivity contribution in [1.29, 1.82) is 0 Å². The minimum atomic E-state index is -3.33. The van der Waals surface area contributed by atoms with Gasteiger partial charge in [0.05, 0.1) is 10.8 Å². The predicted octanol–water partition coefficient (Wildman–Crippen LogP) is 4.08. The van der Waals surface area contributed by atoms with Gasteiger partial charge in [-0.05, 0) is 31.2 Å². The van der Waals surface area contributed by atoms with Crippen molar-refractivity contribution >= 4 is 33.0 Å². The Balaban J connectivity index is 2.09. The molecule has 0 amide bonds. The van der Waals surface area contributed by atoms with Crippen LogP contribution < -0.4 is 0 Å². The molecule has 20 heavy (non-hydrogen) atoms. The maximum absolute atomic E-state index is 12.6. The summed E-state index contributed by atoms with van der Waals surface area (Å²) < 4.78 is 26.9. The fourth-order valence-electron chi connectivity index (χ4n) is 2.79. The van der Waals surface area contributed by atoms with Crippen LogP contribution in [0.1, 0.15) is 43.9 Å². The molecule has 1 fully saturated rings. The number of sulfonamides is 1. The van der Waals surface area contributed by atoms with Crippen LogP contribution in [-0.4, -0.2) is 25.8 Å². The number of nitrogens with zero attached hydrogens (tertiary/aromatic N) is 1. The van der Waals surface area contributed by atoms with E-state index in [1.807, 2.05) is 0 Å². The summed E-state index contributed by atoms with van der Waals surface area (Å²) in [5.74, 6) is 1.06. The zero-order chi connectivity index (χ0) is 14.6. The number of halogens is 1. The SMILES string of the molecule is CCCC1CCCN(S(=O)(=O)c2csc(CCl)c2)CC1. The minimum absolute atomic E-state index is 0.374. The molecular weight excluding hydrogens is 314 g/mol. The highest BCUT2D eigenvalue weighted by Crippen LogP contribution is 2.28. The molecular formula is C14H22ClNO2S2. The molecule has 0 bridgehead atoms. The van der Waals surface area contributed by atoms with Crippen LogP contribution in [0.3, 0.4) is 0 Å². The number of alkyl halides is 1. The van der Waals surface area contributed by atoms with Crippen molar-refractivity contribution in [3.63, 3.8) is 0 Å². The van der Waals surface area contributed by atoms with Crippen molar-refractivity contribution < 1.29 is 8.42 Å². The van der Waals surface area contributed by atoms with Crippen LogP contribution in [0.15, 0.2) is 16.3 Å². The third-order valence-corrected chi connectivity index (χ3v) is 7.31. The molecule has 6 heteroatoms. The second-order valence-electron chi connectivity index (χ2n) is 5.37. The standard InChI is InChI=1S/C14H22ClNO2S2/c1-2-4-12-5-3-7-16(8-6-12)20(17,18)14-9-13(10-15)19-11-14/h9,11-12H,2-8,10H2,1H3. The fraction of sp³-hybridized carbons (Fsp3) is 0.714. The topological polar surface area (TPSA) is 37.4 Å². The highest BCUT2D eigenvalue weighted by molar-refractivity contribution is 7.89. The molecule has 0 aromatic carbocycles. The molecule has 1 aliphatic heterocycles. The Morgan fingerprint density at radius 1 is 1.40 bits per heavy atom. The Labute approximate surface area is 131 Å². The second kappa shape index (κ2) is 7.25. The summed E-state index contributed by atoms with van der Waals surface area (Å²) >= 11 is 7.17. The van der Waals surface area contributed by atoms with Gasteiger partial charge >= 0.3 is 0 Å². The third-order valence-electron chi connectivity index (χ3n) is 3.90. The van der Waals surface area contributed by atoms with Crippen molar-refractivity contribution in [2.24, 2.45) is 5.92 Å². The van der Waals surface area contributed by atoms with E-state index < -0.39 is 10.0 Å². The Bertz CT molecular complexity index is 527. The summed E-state index contributed by atoms with van der Waals surface area (Å²) in [6, 6.07) is 1.71. The summed E-state index contributed by atoms with van der Waals surface area (Å²) in [4.78, 5) is 1.32. The molecule has 1 aromatic rings. The first-order valence-electron chi connectivity index (χ1n) is 7.21. The van der Waals surface area contributed by atoms with E-state index in [2.05, 4.69) is 6.92 Å². The molecule has 0 saturated carbocycles. The van der Waals surface area contributed by atoms with Gasteiger partial charge in [-0.15, -0.1) is 22.9 Å². The largest absolute Gasteiger partial charge is 0.243 e. The van der Waals surface area contributed by atoms with Gasteiger partial charge in [0.1, 0.15) is 0 Å². The van der Waals surface area contributed by atoms with Gasteiger partial charge in [-0.3, -0.25) is 0 Å². The van der Waals surface area contributed by atoms with E-state index in [-0.39, 0.29) is 0 Å². The van der Waals surface area contributed by atoms with Crippen LogP contribution in [0, 0.1) is 5.92 Å². The first-order valence-corrected chi connectivity index (χ1v) is 10.1. The zero-order valence-electron chi connectivity index (χ0n) is 11.8. The van der Waals surface area contributed by atoms with Crippen molar-refractivity contribution in [1.82, 2.24) is 4.31 Å². The highest BCUT2D eigenvalue weighted by atomic mass is 35.5. The summed E-state index contributed by atoms with van der Waals surface area (Å²) in [5.41, 5.74) is 0. The monoisotopic (exact) mass is 335 g/mol. The fourth-order valence-corrected chi connectivity index (χ4v) is 5.66. The smallest absolute Gasteiger partial charge is 0.207 e. The van der Waals surface area contributed by atoms with Crippen molar-refractivity contribution in [2.45, 2.75) is 49.8 Å². The Hall–Kier alpha value is -0.100. The molecule has 2 rings (SSSR count). The molecule has 1 atom stereocenters. The molecule has 1 unspecified atom stereocenters. The van der Waals surface area contributed by atoms with Gasteiger partial charge in [0.25, 0.3) is 0 Å². The number of hydrogen-bond donors (Lipinski definition) is 0. The molecule has 0 radical (unpaired) electrons. The maximum Gasteiger partial charge on any atom is 0.243 e. The Morgan fingerprint density at radius 2 is 2.20 bits per heavy atom. The Morgan fingerprint density at radius 3 is 2.85 bits per heavy atom. The zero-order valence-corrected chi connectivity index (χ0v) is 14.2. The van der Waals surface area contributed by atoms with Gasteiger partial charge in [-0.25, -0.2) is 8.42 Å². The molecule has 0 spiro atoms. The predicted molar refractivity (Wildman–Crippen MR) is 84.9 cm³/mol. The molecule has 1 aliphatic rings. The molecule has 1 aromatic heterocycles. The van der Waals surface area contributed by atoms with E-state index in [0.29, 0.717) is 29.8 Å². The molecule has 1 saturated heterocycles. The maximum atomic E-state index is 12.6. The van der Waals surface area contributed by atoms with Gasteiger partial charge in [0.2, 0.25) is 10.0 Å². The lowest BCUT2D eigenvalue weighted by Crippen LogP contribution is -2.31. The lowest BCUT2D eigenvalue weighted by molar-refractivity contribution is 0.400. The van der Waals surface area contributed by atoms with E-state index >= 15 is 0 Å². The van der Waals surface area contributed by atoms with Crippen molar-refractivity contribution in [2.75, 3.05) is 13.1 Å². The molecule has 0 aliphatic carbocycles. The van der Waals surface area contributed by atoms with Crippen LogP contribution in [0.4, 0.5) is 0 Å². The second-order valence-corrected chi connectivity index (χ2v) is 8.57. The van der Waals surface area contributed by atoms with Crippen LogP contribution in [0.25, 0.3) is 0 Å². The van der Waals surface area contributed by atoms with E-state index in [9.17, 15) is 8.42 Å². The molecule has 114 valence electrons. The number of rotatable bonds is 5. The first-order chi connectivity index (χ1) is 9.57. The first kappa shape index (κ1) is 16.3. The quantitative estimate of drug-likeness (QED) is 0.760. The van der Waals surface area contributed by atoms with Gasteiger partial charge in [0.15, 0.2) is 0 Å². The summed E-state index contributed by atoms with van der Waals surface area (Å²) in [7, 11) is -3.33. The van der Waals surface area contributed by atoms with Gasteiger partial charge in [-0.1, -0.05) is 19.8 Å². The van der Waals surface area contributed by atoms with Crippen molar-refractivity contribution in [3.8, 4) is 0 Å². The average molecular weight is 336 g/mol.